The van der Waals surface area contributed by atoms with E-state index in [1.54, 1.807) is 0 Å². The molecule has 0 aromatic rings. The van der Waals surface area contributed by atoms with E-state index in [2.05, 4.69) is 24.8 Å². The predicted octanol–water partition coefficient (Wildman–Crippen LogP) is 2.40. The van der Waals surface area contributed by atoms with Crippen molar-refractivity contribution in [3.05, 3.63) is 22.4 Å². The molecule has 0 unspecified atom stereocenters. The third kappa shape index (κ3) is 4.40. The van der Waals surface area contributed by atoms with Crippen LogP contribution < -0.4 is 0 Å². The number of aliphatic hydroxyl groups is 1. The summed E-state index contributed by atoms with van der Waals surface area (Å²) >= 11 is 0. The molecule has 1 aliphatic heterocycles. The van der Waals surface area contributed by atoms with Crippen LogP contribution >= 0.6 is 0 Å². The van der Waals surface area contributed by atoms with E-state index in [4.69, 9.17) is 9.84 Å². The quantitative estimate of drug-likeness (QED) is 0.788. The van der Waals surface area contributed by atoms with Gasteiger partial charge in [0, 0.05) is 24.4 Å². The zero-order valence-electron chi connectivity index (χ0n) is 14.9. The predicted molar refractivity (Wildman–Crippen MR) is 91.5 cm³/mol. The Kier molecular flexibility index (Phi) is 6.21. The Hall–Kier alpha value is -2.33. The molecule has 6 heteroatoms. The summed E-state index contributed by atoms with van der Waals surface area (Å²) in [6, 6.07) is 6.14. The van der Waals surface area contributed by atoms with E-state index in [9.17, 15) is 15.8 Å². The van der Waals surface area contributed by atoms with Gasteiger partial charge in [0.25, 0.3) is 0 Å². The Bertz CT molecular complexity index is 676. The molecule has 0 radical (unpaired) electrons. The minimum Gasteiger partial charge on any atom is -0.394 e. The van der Waals surface area contributed by atoms with Crippen LogP contribution in [0.4, 0.5) is 0 Å². The SMILES string of the molecule is CC1(C)CC(=C(C#N)C#N)C(C#N)=C(N2CCC(OCCO)CC2)C1. The topological polar surface area (TPSA) is 104 Å². The maximum absolute atomic E-state index is 9.70. The molecule has 0 saturated carbocycles. The Labute approximate surface area is 149 Å². The minimum atomic E-state index is -0.103. The van der Waals surface area contributed by atoms with Gasteiger partial charge in [-0.05, 0) is 31.1 Å². The molecule has 25 heavy (non-hydrogen) atoms. The molecule has 2 aliphatic rings. The number of hydrogen-bond acceptors (Lipinski definition) is 6. The fraction of sp³-hybridized carbons (Fsp3) is 0.632. The molecule has 0 aromatic heterocycles. The van der Waals surface area contributed by atoms with Crippen LogP contribution in [0, 0.1) is 39.4 Å². The monoisotopic (exact) mass is 340 g/mol. The fourth-order valence-corrected chi connectivity index (χ4v) is 3.63. The van der Waals surface area contributed by atoms with Crippen LogP contribution in [0.3, 0.4) is 0 Å². The van der Waals surface area contributed by atoms with Gasteiger partial charge in [0.15, 0.2) is 0 Å². The van der Waals surface area contributed by atoms with Gasteiger partial charge in [-0.2, -0.15) is 15.8 Å². The molecule has 0 amide bonds. The lowest BCUT2D eigenvalue weighted by Crippen LogP contribution is -2.39. The van der Waals surface area contributed by atoms with Crippen molar-refractivity contribution in [1.29, 1.82) is 15.8 Å². The van der Waals surface area contributed by atoms with Crippen LogP contribution in [0.15, 0.2) is 22.4 Å². The molecule has 1 aliphatic carbocycles. The molecule has 0 atom stereocenters. The Morgan fingerprint density at radius 2 is 1.84 bits per heavy atom. The number of nitriles is 3. The third-order valence-electron chi connectivity index (χ3n) is 4.80. The summed E-state index contributed by atoms with van der Waals surface area (Å²) in [5.41, 5.74) is 1.96. The van der Waals surface area contributed by atoms with Crippen LogP contribution in [-0.2, 0) is 4.74 Å². The summed E-state index contributed by atoms with van der Waals surface area (Å²) in [6.07, 6.45) is 3.13. The molecule has 0 bridgehead atoms. The lowest BCUT2D eigenvalue weighted by molar-refractivity contribution is -0.00401. The summed E-state index contributed by atoms with van der Waals surface area (Å²) in [6.45, 7) is 6.12. The van der Waals surface area contributed by atoms with Crippen molar-refractivity contribution < 1.29 is 9.84 Å². The summed E-state index contributed by atoms with van der Waals surface area (Å²) in [5.74, 6) is 0. The van der Waals surface area contributed by atoms with Crippen molar-refractivity contribution in [2.75, 3.05) is 26.3 Å². The Morgan fingerprint density at radius 3 is 2.36 bits per heavy atom. The van der Waals surface area contributed by atoms with E-state index >= 15 is 0 Å². The fourth-order valence-electron chi connectivity index (χ4n) is 3.63. The average molecular weight is 340 g/mol. The molecule has 1 N–H and O–H groups in total. The second-order valence-electron chi connectivity index (χ2n) is 7.31. The molecular weight excluding hydrogens is 316 g/mol. The Morgan fingerprint density at radius 1 is 1.20 bits per heavy atom. The standard InChI is InChI=1S/C19H24N4O2/c1-19(2)9-16(14(11-20)12-21)17(13-22)18(10-19)23-5-3-15(4-6-23)25-8-7-24/h15,24H,3-10H2,1-2H3. The molecule has 2 rings (SSSR count). The van der Waals surface area contributed by atoms with E-state index < -0.39 is 0 Å². The van der Waals surface area contributed by atoms with Crippen LogP contribution in [0.25, 0.3) is 0 Å². The number of rotatable bonds is 4. The Balaban J connectivity index is 2.31. The van der Waals surface area contributed by atoms with Crippen LogP contribution in [0.5, 0.6) is 0 Å². The number of nitrogens with zero attached hydrogens (tertiary/aromatic N) is 4. The maximum Gasteiger partial charge on any atom is 0.134 e. The first kappa shape index (κ1) is 19.0. The lowest BCUT2D eigenvalue weighted by atomic mass is 9.72. The number of aliphatic hydroxyl groups excluding tert-OH is 1. The molecule has 0 aromatic carbocycles. The van der Waals surface area contributed by atoms with Crippen molar-refractivity contribution in [3.63, 3.8) is 0 Å². The van der Waals surface area contributed by atoms with E-state index in [-0.39, 0.29) is 23.7 Å². The first-order valence-corrected chi connectivity index (χ1v) is 8.60. The molecular formula is C19H24N4O2. The van der Waals surface area contributed by atoms with Crippen LogP contribution in [0.1, 0.15) is 39.5 Å². The first-order valence-electron chi connectivity index (χ1n) is 8.60. The summed E-state index contributed by atoms with van der Waals surface area (Å²) in [4.78, 5) is 2.20. The molecule has 1 fully saturated rings. The zero-order chi connectivity index (χ0) is 18.4. The lowest BCUT2D eigenvalue weighted by Gasteiger charge is -2.41. The highest BCUT2D eigenvalue weighted by Crippen LogP contribution is 2.44. The highest BCUT2D eigenvalue weighted by Gasteiger charge is 2.35. The van der Waals surface area contributed by atoms with Gasteiger partial charge in [-0.15, -0.1) is 0 Å². The number of ether oxygens (including phenoxy) is 1. The van der Waals surface area contributed by atoms with Crippen molar-refractivity contribution in [2.24, 2.45) is 5.41 Å². The normalized spacial score (nSPS) is 20.6. The van der Waals surface area contributed by atoms with Gasteiger partial charge in [0.2, 0.25) is 0 Å². The number of hydrogen-bond donors (Lipinski definition) is 1. The van der Waals surface area contributed by atoms with E-state index in [0.29, 0.717) is 24.2 Å². The maximum atomic E-state index is 9.70. The van der Waals surface area contributed by atoms with E-state index in [1.165, 1.54) is 0 Å². The highest BCUT2D eigenvalue weighted by atomic mass is 16.5. The van der Waals surface area contributed by atoms with Crippen molar-refractivity contribution in [1.82, 2.24) is 4.90 Å². The first-order chi connectivity index (χ1) is 12.0. The smallest absolute Gasteiger partial charge is 0.134 e. The van der Waals surface area contributed by atoms with E-state index in [0.717, 1.165) is 38.0 Å². The highest BCUT2D eigenvalue weighted by molar-refractivity contribution is 5.57. The van der Waals surface area contributed by atoms with Crippen molar-refractivity contribution in [3.8, 4) is 18.2 Å². The second-order valence-corrected chi connectivity index (χ2v) is 7.31. The second kappa shape index (κ2) is 8.17. The largest absolute Gasteiger partial charge is 0.394 e. The number of allylic oxidation sites excluding steroid dienone is 4. The van der Waals surface area contributed by atoms with E-state index in [1.807, 2.05) is 12.1 Å². The van der Waals surface area contributed by atoms with Gasteiger partial charge in [-0.1, -0.05) is 13.8 Å². The average Bonchev–Trinajstić information content (AvgIpc) is 2.60. The number of piperidine rings is 1. The minimum absolute atomic E-state index is 0.0252. The van der Waals surface area contributed by atoms with Gasteiger partial charge in [0.05, 0.1) is 24.9 Å². The molecule has 1 heterocycles. The van der Waals surface area contributed by atoms with Gasteiger partial charge in [0.1, 0.15) is 23.8 Å². The summed E-state index contributed by atoms with van der Waals surface area (Å²) in [7, 11) is 0. The van der Waals surface area contributed by atoms with Gasteiger partial charge < -0.3 is 14.7 Å². The molecule has 132 valence electrons. The summed E-state index contributed by atoms with van der Waals surface area (Å²) in [5, 5.41) is 37.1. The van der Waals surface area contributed by atoms with Crippen LogP contribution in [-0.4, -0.2) is 42.4 Å². The van der Waals surface area contributed by atoms with Crippen LogP contribution in [0.2, 0.25) is 0 Å². The van der Waals surface area contributed by atoms with Gasteiger partial charge in [-0.3, -0.25) is 0 Å². The number of likely N-dealkylation sites (tertiary alicyclic amines) is 1. The molecule has 0 spiro atoms. The van der Waals surface area contributed by atoms with Crippen molar-refractivity contribution in [2.45, 2.75) is 45.6 Å². The summed E-state index contributed by atoms with van der Waals surface area (Å²) < 4.78 is 5.60. The van der Waals surface area contributed by atoms with Gasteiger partial charge >= 0.3 is 0 Å². The molecule has 1 saturated heterocycles. The van der Waals surface area contributed by atoms with Crippen molar-refractivity contribution >= 4 is 0 Å². The molecule has 6 nitrogen and oxygen atoms in total. The van der Waals surface area contributed by atoms with Gasteiger partial charge in [-0.25, -0.2) is 0 Å². The zero-order valence-corrected chi connectivity index (χ0v) is 14.9. The third-order valence-corrected chi connectivity index (χ3v) is 4.80.